The van der Waals surface area contributed by atoms with Crippen LogP contribution in [0, 0.1) is 11.3 Å². The zero-order chi connectivity index (χ0) is 19.1. The second kappa shape index (κ2) is 8.90. The fraction of sp³-hybridized carbons (Fsp3) is 0.0556. The van der Waals surface area contributed by atoms with Crippen molar-refractivity contribution in [2.24, 2.45) is 0 Å². The van der Waals surface area contributed by atoms with Crippen molar-refractivity contribution in [1.82, 2.24) is 0 Å². The number of para-hydroxylation sites is 2. The second-order valence-corrected chi connectivity index (χ2v) is 5.76. The third kappa shape index (κ3) is 4.99. The number of rotatable bonds is 6. The summed E-state index contributed by atoms with van der Waals surface area (Å²) in [5.41, 5.74) is 0.343. The Morgan fingerprint density at radius 3 is 2.42 bits per heavy atom. The van der Waals surface area contributed by atoms with Crippen LogP contribution in [0.5, 0.6) is 5.75 Å². The monoisotopic (exact) mass is 390 g/mol. The van der Waals surface area contributed by atoms with Crippen LogP contribution in [0.1, 0.15) is 5.56 Å². The summed E-state index contributed by atoms with van der Waals surface area (Å²) in [6, 6.07) is 12.9. The van der Waals surface area contributed by atoms with Crippen LogP contribution in [0.3, 0.4) is 0 Å². The predicted octanol–water partition coefficient (Wildman–Crippen LogP) is 4.00. The summed E-state index contributed by atoms with van der Waals surface area (Å²) in [4.78, 5) is 23.0. The highest BCUT2D eigenvalue weighted by molar-refractivity contribution is 6.40. The maximum absolute atomic E-state index is 12.4. The van der Waals surface area contributed by atoms with E-state index in [0.717, 1.165) is 0 Å². The number of carbonyl (C=O) groups is 2. The van der Waals surface area contributed by atoms with E-state index in [-0.39, 0.29) is 27.1 Å². The van der Waals surface area contributed by atoms with E-state index in [2.05, 4.69) is 5.32 Å². The number of hydrogen-bond acceptors (Lipinski definition) is 4. The molecule has 1 amide bonds. The summed E-state index contributed by atoms with van der Waals surface area (Å²) >= 11 is 12.0. The van der Waals surface area contributed by atoms with Gasteiger partial charge in [0.2, 0.25) is 0 Å². The average molecular weight is 391 g/mol. The van der Waals surface area contributed by atoms with E-state index >= 15 is 0 Å². The number of amides is 1. The largest absolute Gasteiger partial charge is 0.481 e. The van der Waals surface area contributed by atoms with Gasteiger partial charge in [-0.3, -0.25) is 4.79 Å². The van der Waals surface area contributed by atoms with Crippen molar-refractivity contribution in [2.75, 3.05) is 11.9 Å². The molecule has 0 aromatic heterocycles. The van der Waals surface area contributed by atoms with Crippen LogP contribution in [0.4, 0.5) is 5.69 Å². The smallest absolute Gasteiger partial charge is 0.341 e. The van der Waals surface area contributed by atoms with Gasteiger partial charge >= 0.3 is 5.97 Å². The van der Waals surface area contributed by atoms with E-state index in [9.17, 15) is 14.9 Å². The maximum atomic E-state index is 12.4. The quantitative estimate of drug-likeness (QED) is 0.573. The summed E-state index contributed by atoms with van der Waals surface area (Å²) in [7, 11) is 0. The van der Waals surface area contributed by atoms with Gasteiger partial charge in [0.25, 0.3) is 5.91 Å². The van der Waals surface area contributed by atoms with Gasteiger partial charge in [0, 0.05) is 5.56 Å². The number of benzene rings is 2. The summed E-state index contributed by atoms with van der Waals surface area (Å²) < 4.78 is 5.15. The van der Waals surface area contributed by atoms with Gasteiger partial charge in [-0.2, -0.15) is 5.26 Å². The van der Waals surface area contributed by atoms with E-state index in [1.54, 1.807) is 42.5 Å². The van der Waals surface area contributed by atoms with Crippen molar-refractivity contribution in [1.29, 1.82) is 5.26 Å². The third-order valence-electron chi connectivity index (χ3n) is 3.14. The van der Waals surface area contributed by atoms with Crippen LogP contribution in [0.2, 0.25) is 10.0 Å². The lowest BCUT2D eigenvalue weighted by Crippen LogP contribution is -2.14. The van der Waals surface area contributed by atoms with Crippen molar-refractivity contribution in [3.63, 3.8) is 0 Å². The van der Waals surface area contributed by atoms with Crippen LogP contribution >= 0.6 is 23.2 Å². The number of hydrogen-bond donors (Lipinski definition) is 2. The Morgan fingerprint density at radius 1 is 1.15 bits per heavy atom. The maximum Gasteiger partial charge on any atom is 0.341 e. The average Bonchev–Trinajstić information content (AvgIpc) is 2.61. The molecular weight excluding hydrogens is 379 g/mol. The number of carbonyl (C=O) groups excluding carboxylic acids is 1. The lowest BCUT2D eigenvalue weighted by atomic mass is 10.1. The fourth-order valence-electron chi connectivity index (χ4n) is 1.97. The highest BCUT2D eigenvalue weighted by Crippen LogP contribution is 2.30. The third-order valence-corrected chi connectivity index (χ3v) is 3.77. The Bertz CT molecular complexity index is 899. The molecule has 0 saturated carbocycles. The molecule has 0 radical (unpaired) electrons. The van der Waals surface area contributed by atoms with E-state index in [4.69, 9.17) is 33.0 Å². The van der Waals surface area contributed by atoms with Crippen molar-refractivity contribution >= 4 is 46.8 Å². The number of nitrogens with zero attached hydrogens (tertiary/aromatic N) is 1. The molecule has 132 valence electrons. The number of anilines is 1. The van der Waals surface area contributed by atoms with Crippen LogP contribution in [0.25, 0.3) is 6.08 Å². The first-order valence-corrected chi connectivity index (χ1v) is 7.98. The summed E-state index contributed by atoms with van der Waals surface area (Å²) in [6.45, 7) is -0.547. The van der Waals surface area contributed by atoms with E-state index in [1.165, 1.54) is 12.1 Å². The molecular formula is C18H12Cl2N2O4. The molecule has 2 aromatic rings. The van der Waals surface area contributed by atoms with Gasteiger partial charge in [0.05, 0.1) is 15.7 Å². The summed E-state index contributed by atoms with van der Waals surface area (Å²) in [5.74, 6) is -1.63. The Kier molecular flexibility index (Phi) is 6.61. The molecule has 0 fully saturated rings. The van der Waals surface area contributed by atoms with E-state index in [1.807, 2.05) is 0 Å². The Hall–Kier alpha value is -3.01. The molecule has 0 aliphatic heterocycles. The van der Waals surface area contributed by atoms with Crippen LogP contribution in [-0.4, -0.2) is 23.6 Å². The van der Waals surface area contributed by atoms with Gasteiger partial charge in [-0.25, -0.2) is 4.79 Å². The first kappa shape index (κ1) is 19.3. The van der Waals surface area contributed by atoms with E-state index in [0.29, 0.717) is 5.56 Å². The molecule has 2 rings (SSSR count). The fourth-order valence-corrected chi connectivity index (χ4v) is 2.46. The number of nitrogens with one attached hydrogen (secondary N) is 1. The zero-order valence-corrected chi connectivity index (χ0v) is 14.7. The van der Waals surface area contributed by atoms with Crippen molar-refractivity contribution in [3.8, 4) is 11.8 Å². The lowest BCUT2D eigenvalue weighted by Gasteiger charge is -2.09. The number of carboxylic acid groups (broad SMARTS) is 1. The van der Waals surface area contributed by atoms with Crippen molar-refractivity contribution < 1.29 is 19.4 Å². The number of ether oxygens (including phenoxy) is 1. The van der Waals surface area contributed by atoms with Gasteiger partial charge in [-0.05, 0) is 24.3 Å². The van der Waals surface area contributed by atoms with Crippen LogP contribution in [-0.2, 0) is 9.59 Å². The highest BCUT2D eigenvalue weighted by atomic mass is 35.5. The van der Waals surface area contributed by atoms with Crippen LogP contribution < -0.4 is 10.1 Å². The number of aliphatic carboxylic acids is 1. The SMILES string of the molecule is N#CC(=Cc1ccccc1OCC(=O)O)C(=O)Nc1c(Cl)cccc1Cl. The molecule has 6 nitrogen and oxygen atoms in total. The van der Waals surface area contributed by atoms with Crippen LogP contribution in [0.15, 0.2) is 48.0 Å². The zero-order valence-electron chi connectivity index (χ0n) is 13.2. The van der Waals surface area contributed by atoms with Gasteiger partial charge in [-0.1, -0.05) is 47.5 Å². The molecule has 0 saturated heterocycles. The number of halogens is 2. The molecule has 0 bridgehead atoms. The first-order chi connectivity index (χ1) is 12.4. The van der Waals surface area contributed by atoms with Gasteiger partial charge in [0.15, 0.2) is 6.61 Å². The standard InChI is InChI=1S/C18H12Cl2N2O4/c19-13-5-3-6-14(20)17(13)22-18(25)12(9-21)8-11-4-1-2-7-15(11)26-10-16(23)24/h1-8H,10H2,(H,22,25)(H,23,24). The minimum atomic E-state index is -1.14. The van der Waals surface area contributed by atoms with Crippen molar-refractivity contribution in [3.05, 3.63) is 63.6 Å². The molecule has 0 unspecified atom stereocenters. The molecule has 0 atom stereocenters. The molecule has 0 heterocycles. The lowest BCUT2D eigenvalue weighted by molar-refractivity contribution is -0.139. The number of carboxylic acids is 1. The first-order valence-electron chi connectivity index (χ1n) is 7.23. The minimum Gasteiger partial charge on any atom is -0.481 e. The Balaban J connectivity index is 2.29. The van der Waals surface area contributed by atoms with Gasteiger partial charge < -0.3 is 15.2 Å². The molecule has 0 spiro atoms. The van der Waals surface area contributed by atoms with Gasteiger partial charge in [0.1, 0.15) is 17.4 Å². The molecule has 2 N–H and O–H groups in total. The second-order valence-electron chi connectivity index (χ2n) is 4.94. The highest BCUT2D eigenvalue weighted by Gasteiger charge is 2.15. The Labute approximate surface area is 159 Å². The molecule has 8 heteroatoms. The normalized spacial score (nSPS) is 10.7. The predicted molar refractivity (Wildman–Crippen MR) is 98.3 cm³/mol. The minimum absolute atomic E-state index is 0.192. The number of nitriles is 1. The molecule has 2 aromatic carbocycles. The molecule has 0 aliphatic carbocycles. The van der Waals surface area contributed by atoms with E-state index < -0.39 is 18.5 Å². The molecule has 0 aliphatic rings. The molecule has 26 heavy (non-hydrogen) atoms. The summed E-state index contributed by atoms with van der Waals surface area (Å²) in [6.07, 6.45) is 1.29. The summed E-state index contributed by atoms with van der Waals surface area (Å²) in [5, 5.41) is 21.0. The topological polar surface area (TPSA) is 99.4 Å². The Morgan fingerprint density at radius 2 is 1.81 bits per heavy atom. The van der Waals surface area contributed by atoms with Crippen molar-refractivity contribution in [2.45, 2.75) is 0 Å². The van der Waals surface area contributed by atoms with Gasteiger partial charge in [-0.15, -0.1) is 0 Å².